The summed E-state index contributed by atoms with van der Waals surface area (Å²) in [5.41, 5.74) is 1.41. The highest BCUT2D eigenvalue weighted by atomic mass is 79.9. The van der Waals surface area contributed by atoms with Gasteiger partial charge in [0.25, 0.3) is 0 Å². The van der Waals surface area contributed by atoms with E-state index in [0.717, 1.165) is 10.0 Å². The number of aromatic amines is 1. The van der Waals surface area contributed by atoms with Gasteiger partial charge in [-0.15, -0.1) is 0 Å². The van der Waals surface area contributed by atoms with E-state index in [-0.39, 0.29) is 11.3 Å². The van der Waals surface area contributed by atoms with Crippen LogP contribution in [0.1, 0.15) is 21.6 Å². The molecule has 1 aromatic heterocycles. The molecule has 2 N–H and O–H groups in total. The first kappa shape index (κ1) is 13.5. The molecule has 0 fully saturated rings. The number of aromatic nitrogens is 2. The van der Waals surface area contributed by atoms with E-state index in [1.807, 2.05) is 19.1 Å². The van der Waals surface area contributed by atoms with Gasteiger partial charge in [0.2, 0.25) is 0 Å². The molecule has 0 aliphatic heterocycles. The summed E-state index contributed by atoms with van der Waals surface area (Å²) in [7, 11) is 0. The van der Waals surface area contributed by atoms with Gasteiger partial charge in [-0.2, -0.15) is 4.98 Å². The van der Waals surface area contributed by atoms with Crippen molar-refractivity contribution in [1.29, 1.82) is 0 Å². The van der Waals surface area contributed by atoms with Crippen molar-refractivity contribution < 1.29 is 9.90 Å². The van der Waals surface area contributed by atoms with Crippen LogP contribution in [0.4, 0.5) is 0 Å². The third-order valence-electron chi connectivity index (χ3n) is 2.79. The number of halogens is 1. The monoisotopic (exact) mass is 322 g/mol. The molecule has 0 aliphatic rings. The Kier molecular flexibility index (Phi) is 3.53. The summed E-state index contributed by atoms with van der Waals surface area (Å²) in [6.45, 7) is 3.38. The van der Waals surface area contributed by atoms with E-state index < -0.39 is 11.7 Å². The Hall–Kier alpha value is -1.95. The van der Waals surface area contributed by atoms with Gasteiger partial charge in [0.15, 0.2) is 0 Å². The number of aryl methyl sites for hydroxylation is 2. The highest BCUT2D eigenvalue weighted by molar-refractivity contribution is 9.10. The number of aromatic carboxylic acids is 1. The molecule has 0 aliphatic carbocycles. The summed E-state index contributed by atoms with van der Waals surface area (Å²) in [5.74, 6) is -1.12. The Morgan fingerprint density at radius 3 is 2.68 bits per heavy atom. The summed E-state index contributed by atoms with van der Waals surface area (Å²) in [6.07, 6.45) is 0. The van der Waals surface area contributed by atoms with Crippen molar-refractivity contribution in [2.45, 2.75) is 13.8 Å². The van der Waals surface area contributed by atoms with Crippen LogP contribution in [0.5, 0.6) is 0 Å². The Balaban J connectivity index is 2.85. The maximum Gasteiger partial charge on any atom is 0.345 e. The largest absolute Gasteiger partial charge is 0.478 e. The maximum absolute atomic E-state index is 11.5. The van der Waals surface area contributed by atoms with E-state index in [2.05, 4.69) is 25.9 Å². The first-order valence-electron chi connectivity index (χ1n) is 5.51. The van der Waals surface area contributed by atoms with Crippen molar-refractivity contribution in [1.82, 2.24) is 9.97 Å². The van der Waals surface area contributed by atoms with Crippen molar-refractivity contribution >= 4 is 21.9 Å². The number of hydrogen-bond acceptors (Lipinski definition) is 3. The molecule has 6 heteroatoms. The molecular formula is C13H11BrN2O3. The van der Waals surface area contributed by atoms with Gasteiger partial charge in [-0.1, -0.05) is 22.0 Å². The summed E-state index contributed by atoms with van der Waals surface area (Å²) >= 11 is 3.33. The number of H-pyrrole nitrogens is 1. The molecule has 0 atom stereocenters. The lowest BCUT2D eigenvalue weighted by molar-refractivity contribution is 0.0696. The molecule has 0 radical (unpaired) electrons. The summed E-state index contributed by atoms with van der Waals surface area (Å²) in [6, 6.07) is 5.44. The molecule has 0 saturated carbocycles. The fourth-order valence-corrected chi connectivity index (χ4v) is 2.25. The number of carboxylic acids is 1. The van der Waals surface area contributed by atoms with E-state index >= 15 is 0 Å². The average Bonchev–Trinajstić information content (AvgIpc) is 2.30. The van der Waals surface area contributed by atoms with Gasteiger partial charge >= 0.3 is 11.7 Å². The standard InChI is InChI=1S/C13H11BrN2O3/c1-6-3-4-8(14)5-9(6)11-10(12(17)18)7(2)15-13(19)16-11/h3-5H,1-2H3,(H,17,18)(H,15,16,19). The van der Waals surface area contributed by atoms with Crippen molar-refractivity contribution in [2.75, 3.05) is 0 Å². The molecule has 0 spiro atoms. The topological polar surface area (TPSA) is 83.0 Å². The van der Waals surface area contributed by atoms with Crippen LogP contribution in [0.3, 0.4) is 0 Å². The van der Waals surface area contributed by atoms with Crippen LogP contribution in [0.15, 0.2) is 27.5 Å². The van der Waals surface area contributed by atoms with Gasteiger partial charge in [-0.3, -0.25) is 0 Å². The lowest BCUT2D eigenvalue weighted by Crippen LogP contribution is -2.18. The molecule has 19 heavy (non-hydrogen) atoms. The van der Waals surface area contributed by atoms with E-state index in [1.165, 1.54) is 0 Å². The number of carboxylic acid groups (broad SMARTS) is 1. The second-order valence-electron chi connectivity index (χ2n) is 4.15. The molecule has 0 saturated heterocycles. The molecule has 0 unspecified atom stereocenters. The third-order valence-corrected chi connectivity index (χ3v) is 3.28. The minimum Gasteiger partial charge on any atom is -0.478 e. The van der Waals surface area contributed by atoms with Gasteiger partial charge < -0.3 is 10.1 Å². The van der Waals surface area contributed by atoms with Crippen LogP contribution in [-0.4, -0.2) is 21.0 Å². The lowest BCUT2D eigenvalue weighted by atomic mass is 10.0. The fraction of sp³-hybridized carbons (Fsp3) is 0.154. The van der Waals surface area contributed by atoms with Crippen LogP contribution < -0.4 is 5.69 Å². The average molecular weight is 323 g/mol. The first-order valence-corrected chi connectivity index (χ1v) is 6.30. The van der Waals surface area contributed by atoms with Crippen molar-refractivity contribution in [3.8, 4) is 11.3 Å². The second kappa shape index (κ2) is 4.97. The third kappa shape index (κ3) is 2.58. The minimum atomic E-state index is -1.12. The summed E-state index contributed by atoms with van der Waals surface area (Å²) in [5, 5.41) is 9.29. The molecule has 1 heterocycles. The quantitative estimate of drug-likeness (QED) is 0.889. The van der Waals surface area contributed by atoms with E-state index in [4.69, 9.17) is 0 Å². The maximum atomic E-state index is 11.5. The fourth-order valence-electron chi connectivity index (χ4n) is 1.89. The van der Waals surface area contributed by atoms with Gasteiger partial charge in [0, 0.05) is 15.7 Å². The van der Waals surface area contributed by atoms with Crippen LogP contribution in [0.2, 0.25) is 0 Å². The molecular weight excluding hydrogens is 312 g/mol. The van der Waals surface area contributed by atoms with Gasteiger partial charge in [-0.25, -0.2) is 9.59 Å². The molecule has 2 rings (SSSR count). The summed E-state index contributed by atoms with van der Waals surface area (Å²) < 4.78 is 0.796. The predicted molar refractivity (Wildman–Crippen MR) is 74.4 cm³/mol. The molecule has 1 aromatic carbocycles. The number of nitrogens with zero attached hydrogens (tertiary/aromatic N) is 1. The van der Waals surface area contributed by atoms with Crippen LogP contribution in [0.25, 0.3) is 11.3 Å². The smallest absolute Gasteiger partial charge is 0.345 e. The number of benzene rings is 1. The Labute approximate surface area is 117 Å². The Bertz CT molecular complexity index is 722. The van der Waals surface area contributed by atoms with Crippen LogP contribution >= 0.6 is 15.9 Å². The van der Waals surface area contributed by atoms with Crippen LogP contribution in [-0.2, 0) is 0 Å². The highest BCUT2D eigenvalue weighted by Gasteiger charge is 2.19. The van der Waals surface area contributed by atoms with E-state index in [1.54, 1.807) is 13.0 Å². The highest BCUT2D eigenvalue weighted by Crippen LogP contribution is 2.28. The number of rotatable bonds is 2. The van der Waals surface area contributed by atoms with Crippen molar-refractivity contribution in [3.63, 3.8) is 0 Å². The Morgan fingerprint density at radius 1 is 1.37 bits per heavy atom. The first-order chi connectivity index (χ1) is 8.90. The SMILES string of the molecule is Cc1ccc(Br)cc1-c1nc(=O)[nH]c(C)c1C(=O)O. The van der Waals surface area contributed by atoms with E-state index in [9.17, 15) is 14.7 Å². The van der Waals surface area contributed by atoms with Crippen molar-refractivity contribution in [2.24, 2.45) is 0 Å². The van der Waals surface area contributed by atoms with Gasteiger partial charge in [0.1, 0.15) is 5.56 Å². The number of hydrogen-bond donors (Lipinski definition) is 2. The zero-order chi connectivity index (χ0) is 14.2. The zero-order valence-electron chi connectivity index (χ0n) is 10.3. The molecule has 98 valence electrons. The Morgan fingerprint density at radius 2 is 2.05 bits per heavy atom. The molecule has 5 nitrogen and oxygen atoms in total. The molecule has 2 aromatic rings. The number of carbonyl (C=O) groups is 1. The van der Waals surface area contributed by atoms with Crippen LogP contribution in [0, 0.1) is 13.8 Å². The normalized spacial score (nSPS) is 10.5. The lowest BCUT2D eigenvalue weighted by Gasteiger charge is -2.10. The predicted octanol–water partition coefficient (Wildman–Crippen LogP) is 2.51. The van der Waals surface area contributed by atoms with Crippen molar-refractivity contribution in [3.05, 3.63) is 50.0 Å². The van der Waals surface area contributed by atoms with Gasteiger partial charge in [-0.05, 0) is 31.5 Å². The molecule has 0 bridgehead atoms. The second-order valence-corrected chi connectivity index (χ2v) is 5.07. The number of nitrogens with one attached hydrogen (secondary N) is 1. The minimum absolute atomic E-state index is 0.0146. The van der Waals surface area contributed by atoms with E-state index in [0.29, 0.717) is 11.3 Å². The molecule has 0 amide bonds. The summed E-state index contributed by atoms with van der Waals surface area (Å²) in [4.78, 5) is 29.1. The van der Waals surface area contributed by atoms with Gasteiger partial charge in [0.05, 0.1) is 5.69 Å². The zero-order valence-corrected chi connectivity index (χ0v) is 11.9.